The minimum absolute atomic E-state index is 0.119. The molecule has 2 N–H and O–H groups in total. The minimum atomic E-state index is -0.812. The second-order valence-corrected chi connectivity index (χ2v) is 11.8. The van der Waals surface area contributed by atoms with E-state index in [1.54, 1.807) is 6.08 Å². The molecule has 0 fully saturated rings. The maximum atomic E-state index is 12.1. The van der Waals surface area contributed by atoms with E-state index in [9.17, 15) is 19.8 Å². The maximum absolute atomic E-state index is 12.1. The van der Waals surface area contributed by atoms with Crippen molar-refractivity contribution in [2.45, 2.75) is 154 Å². The first-order valence-corrected chi connectivity index (χ1v) is 18.1. The number of hydrogen-bond donors (Lipinski definition) is 2. The second kappa shape index (κ2) is 35.2. The van der Waals surface area contributed by atoms with E-state index < -0.39 is 12.2 Å². The molecular formula is C40H66O6. The highest BCUT2D eigenvalue weighted by atomic mass is 16.6. The smallest absolute Gasteiger partial charge is 0.306 e. The summed E-state index contributed by atoms with van der Waals surface area (Å²) in [6, 6.07) is 0. The highest BCUT2D eigenvalue weighted by molar-refractivity contribution is 5.70. The van der Waals surface area contributed by atoms with Crippen molar-refractivity contribution < 1.29 is 29.3 Å². The number of esters is 2. The molecule has 1 unspecified atom stereocenters. The van der Waals surface area contributed by atoms with E-state index in [0.29, 0.717) is 19.3 Å². The Morgan fingerprint density at radius 3 is 1.78 bits per heavy atom. The van der Waals surface area contributed by atoms with E-state index in [-0.39, 0.29) is 31.6 Å². The van der Waals surface area contributed by atoms with Crippen LogP contribution in [-0.2, 0) is 19.1 Å². The lowest BCUT2D eigenvalue weighted by Gasteiger charge is -2.15. The van der Waals surface area contributed by atoms with Crippen molar-refractivity contribution in [1.82, 2.24) is 0 Å². The van der Waals surface area contributed by atoms with Crippen LogP contribution in [0, 0.1) is 0 Å². The average molecular weight is 643 g/mol. The van der Waals surface area contributed by atoms with Gasteiger partial charge in [-0.3, -0.25) is 9.59 Å². The van der Waals surface area contributed by atoms with Gasteiger partial charge in [0, 0.05) is 12.8 Å². The molecule has 6 nitrogen and oxygen atoms in total. The fourth-order valence-corrected chi connectivity index (χ4v) is 4.60. The van der Waals surface area contributed by atoms with Gasteiger partial charge in [0.05, 0.1) is 12.7 Å². The van der Waals surface area contributed by atoms with Gasteiger partial charge in [-0.15, -0.1) is 0 Å². The fraction of sp³-hybridized carbons (Fsp3) is 0.650. The Morgan fingerprint density at radius 2 is 1.20 bits per heavy atom. The second-order valence-electron chi connectivity index (χ2n) is 11.8. The van der Waals surface area contributed by atoms with Gasteiger partial charge in [0.15, 0.2) is 6.10 Å². The zero-order valence-electron chi connectivity index (χ0n) is 29.2. The number of allylic oxidation sites excluding steroid dienone is 10. The first kappa shape index (κ1) is 43.3. The van der Waals surface area contributed by atoms with Crippen LogP contribution in [0.25, 0.3) is 0 Å². The largest absolute Gasteiger partial charge is 0.462 e. The zero-order valence-corrected chi connectivity index (χ0v) is 29.2. The Hall–Kier alpha value is -2.70. The molecule has 0 heterocycles. The van der Waals surface area contributed by atoms with Gasteiger partial charge in [-0.25, -0.2) is 0 Å². The predicted octanol–water partition coefficient (Wildman–Crippen LogP) is 9.97. The predicted molar refractivity (Wildman–Crippen MR) is 192 cm³/mol. The van der Waals surface area contributed by atoms with Crippen LogP contribution >= 0.6 is 0 Å². The van der Waals surface area contributed by atoms with Crippen molar-refractivity contribution in [3.05, 3.63) is 72.9 Å². The molecule has 0 saturated heterocycles. The number of hydrogen-bond acceptors (Lipinski definition) is 6. The van der Waals surface area contributed by atoms with E-state index in [0.717, 1.165) is 44.9 Å². The summed E-state index contributed by atoms with van der Waals surface area (Å²) in [6.07, 6.45) is 43.0. The SMILES string of the molecule is CC/C=C\CC(O)/C=C/C=C/C/C=C\C/C=C\C/C=C\CCC(=O)OC[C@H](CO)OC(=O)CCCCCCCCCCCCCC. The molecule has 0 aliphatic heterocycles. The number of rotatable bonds is 31. The summed E-state index contributed by atoms with van der Waals surface area (Å²) in [7, 11) is 0. The van der Waals surface area contributed by atoms with Crippen molar-refractivity contribution in [3.8, 4) is 0 Å². The molecule has 46 heavy (non-hydrogen) atoms. The van der Waals surface area contributed by atoms with E-state index in [4.69, 9.17) is 9.47 Å². The summed E-state index contributed by atoms with van der Waals surface area (Å²) in [5, 5.41) is 19.3. The first-order valence-electron chi connectivity index (χ1n) is 18.1. The number of aliphatic hydroxyl groups excluding tert-OH is 2. The Labute approximate surface area is 281 Å². The van der Waals surface area contributed by atoms with Crippen LogP contribution in [0.3, 0.4) is 0 Å². The van der Waals surface area contributed by atoms with Crippen LogP contribution < -0.4 is 0 Å². The topological polar surface area (TPSA) is 93.1 Å². The van der Waals surface area contributed by atoms with Crippen LogP contribution in [0.1, 0.15) is 142 Å². The molecule has 262 valence electrons. The Balaban J connectivity index is 3.79. The molecule has 0 bridgehead atoms. The van der Waals surface area contributed by atoms with Gasteiger partial charge >= 0.3 is 11.9 Å². The summed E-state index contributed by atoms with van der Waals surface area (Å²) < 4.78 is 10.5. The molecule has 0 rings (SSSR count). The molecule has 0 aliphatic rings. The van der Waals surface area contributed by atoms with E-state index in [2.05, 4.69) is 50.3 Å². The van der Waals surface area contributed by atoms with Crippen molar-refractivity contribution in [2.24, 2.45) is 0 Å². The third-order valence-corrected chi connectivity index (χ3v) is 7.36. The van der Waals surface area contributed by atoms with E-state index >= 15 is 0 Å². The number of ether oxygens (including phenoxy) is 2. The van der Waals surface area contributed by atoms with Gasteiger partial charge in [0.2, 0.25) is 0 Å². The summed E-state index contributed by atoms with van der Waals surface area (Å²) in [5.74, 6) is -0.716. The van der Waals surface area contributed by atoms with Crippen LogP contribution in [0.4, 0.5) is 0 Å². The van der Waals surface area contributed by atoms with Crippen molar-refractivity contribution in [2.75, 3.05) is 13.2 Å². The first-order chi connectivity index (χ1) is 22.5. The van der Waals surface area contributed by atoms with Gasteiger partial charge in [-0.2, -0.15) is 0 Å². The quantitative estimate of drug-likeness (QED) is 0.0338. The normalized spacial score (nSPS) is 13.7. The van der Waals surface area contributed by atoms with Gasteiger partial charge < -0.3 is 19.7 Å². The lowest BCUT2D eigenvalue weighted by molar-refractivity contribution is -0.161. The molecule has 2 atom stereocenters. The molecule has 6 heteroatoms. The zero-order chi connectivity index (χ0) is 33.8. The highest BCUT2D eigenvalue weighted by Crippen LogP contribution is 2.13. The monoisotopic (exact) mass is 642 g/mol. The third-order valence-electron chi connectivity index (χ3n) is 7.36. The average Bonchev–Trinajstić information content (AvgIpc) is 3.05. The van der Waals surface area contributed by atoms with Crippen LogP contribution in [0.5, 0.6) is 0 Å². The van der Waals surface area contributed by atoms with Crippen LogP contribution in [-0.4, -0.2) is 47.6 Å². The number of aliphatic hydroxyl groups is 2. The lowest BCUT2D eigenvalue weighted by atomic mass is 10.0. The van der Waals surface area contributed by atoms with Gasteiger partial charge in [-0.05, 0) is 44.9 Å². The molecule has 0 saturated carbocycles. The summed E-state index contributed by atoms with van der Waals surface area (Å²) in [5.41, 5.74) is 0. The van der Waals surface area contributed by atoms with Crippen LogP contribution in [0.2, 0.25) is 0 Å². The van der Waals surface area contributed by atoms with Crippen molar-refractivity contribution >= 4 is 11.9 Å². The molecule has 0 aliphatic carbocycles. The standard InChI is InChI=1S/C40H66O6/c1-3-5-7-8-9-10-11-16-20-23-26-30-34-40(44)46-38(35-41)36-45-39(43)33-29-25-22-19-17-14-12-13-15-18-21-24-28-32-37(42)31-27-6-4-2/h6,13-15,17,21-22,24-25,27-28,32,37-38,41-42H,3-5,7-12,16,18-20,23,26,29-31,33-36H2,1-2H3/b15-13-,17-14-,24-21+,25-22-,27-6-,32-28+/t37?,38-/m0/s1. The van der Waals surface area contributed by atoms with Crippen molar-refractivity contribution in [1.29, 1.82) is 0 Å². The van der Waals surface area contributed by atoms with Crippen LogP contribution in [0.15, 0.2) is 72.9 Å². The van der Waals surface area contributed by atoms with Gasteiger partial charge in [0.1, 0.15) is 6.61 Å². The van der Waals surface area contributed by atoms with E-state index in [1.165, 1.54) is 57.8 Å². The number of unbranched alkanes of at least 4 members (excludes halogenated alkanes) is 11. The molecule has 0 amide bonds. The number of carbonyl (C=O) groups is 2. The molecule has 0 aromatic heterocycles. The van der Waals surface area contributed by atoms with Crippen molar-refractivity contribution in [3.63, 3.8) is 0 Å². The maximum Gasteiger partial charge on any atom is 0.306 e. The van der Waals surface area contributed by atoms with Gasteiger partial charge in [0.25, 0.3) is 0 Å². The lowest BCUT2D eigenvalue weighted by Crippen LogP contribution is -2.28. The Morgan fingerprint density at radius 1 is 0.630 bits per heavy atom. The molecule has 0 aromatic carbocycles. The molecule has 0 spiro atoms. The number of carbonyl (C=O) groups excluding carboxylic acids is 2. The Kier molecular flexibility index (Phi) is 33.1. The summed E-state index contributed by atoms with van der Waals surface area (Å²) in [4.78, 5) is 24.1. The summed E-state index contributed by atoms with van der Waals surface area (Å²) in [6.45, 7) is 3.84. The molecule has 0 radical (unpaired) electrons. The van der Waals surface area contributed by atoms with Gasteiger partial charge in [-0.1, -0.05) is 157 Å². The summed E-state index contributed by atoms with van der Waals surface area (Å²) >= 11 is 0. The third kappa shape index (κ3) is 32.7. The fourth-order valence-electron chi connectivity index (χ4n) is 4.60. The molecule has 0 aromatic rings. The Bertz CT molecular complexity index is 882. The minimum Gasteiger partial charge on any atom is -0.462 e. The van der Waals surface area contributed by atoms with E-state index in [1.807, 2.05) is 30.4 Å². The highest BCUT2D eigenvalue weighted by Gasteiger charge is 2.15. The molecular weight excluding hydrogens is 576 g/mol.